The van der Waals surface area contributed by atoms with Crippen molar-refractivity contribution in [3.05, 3.63) is 27.3 Å². The highest BCUT2D eigenvalue weighted by atomic mass is 127. The lowest BCUT2D eigenvalue weighted by Crippen LogP contribution is -2.23. The fourth-order valence-electron chi connectivity index (χ4n) is 1.33. The summed E-state index contributed by atoms with van der Waals surface area (Å²) in [6, 6.07) is 6.24. The summed E-state index contributed by atoms with van der Waals surface area (Å²) in [4.78, 5) is 0. The van der Waals surface area contributed by atoms with E-state index in [1.54, 1.807) is 0 Å². The van der Waals surface area contributed by atoms with E-state index in [1.807, 2.05) is 6.07 Å². The number of hydrogen-bond donors (Lipinski definition) is 3. The molecule has 0 saturated carbocycles. The maximum atomic E-state index is 9.24. The van der Waals surface area contributed by atoms with Crippen LogP contribution in [-0.2, 0) is 0 Å². The topological polar surface area (TPSA) is 52.5 Å². The molecular weight excluding hydrogens is 317 g/mol. The number of nitrogens with one attached hydrogen (secondary N) is 1. The zero-order valence-electron chi connectivity index (χ0n) is 9.57. The molecule has 0 heterocycles. The van der Waals surface area contributed by atoms with Crippen LogP contribution in [0.15, 0.2) is 18.2 Å². The maximum absolute atomic E-state index is 9.24. The van der Waals surface area contributed by atoms with E-state index >= 15 is 0 Å². The summed E-state index contributed by atoms with van der Waals surface area (Å²) in [5.41, 5.74) is 2.30. The van der Waals surface area contributed by atoms with E-state index in [4.69, 9.17) is 5.11 Å². The van der Waals surface area contributed by atoms with Crippen LogP contribution in [0.5, 0.6) is 0 Å². The number of benzene rings is 1. The van der Waals surface area contributed by atoms with Crippen molar-refractivity contribution in [2.45, 2.75) is 25.9 Å². The zero-order chi connectivity index (χ0) is 12.1. The lowest BCUT2D eigenvalue weighted by Gasteiger charge is -2.13. The zero-order valence-corrected chi connectivity index (χ0v) is 11.7. The van der Waals surface area contributed by atoms with Gasteiger partial charge in [-0.05, 0) is 46.2 Å². The van der Waals surface area contributed by atoms with Crippen molar-refractivity contribution >= 4 is 28.3 Å². The number of aliphatic hydroxyl groups is 2. The van der Waals surface area contributed by atoms with Crippen molar-refractivity contribution in [1.82, 2.24) is 0 Å². The Morgan fingerprint density at radius 3 is 2.56 bits per heavy atom. The van der Waals surface area contributed by atoms with Crippen LogP contribution in [0.4, 0.5) is 5.69 Å². The van der Waals surface area contributed by atoms with E-state index in [0.29, 0.717) is 12.5 Å². The molecule has 0 amide bonds. The molecular formula is C12H18INO2. The smallest absolute Gasteiger partial charge is 0.0942 e. The number of aliphatic hydroxyl groups excluding tert-OH is 2. The SMILES string of the molecule is CC(C)c1ccc(NCC(O)CO)c(I)c1. The predicted molar refractivity (Wildman–Crippen MR) is 74.8 cm³/mol. The van der Waals surface area contributed by atoms with E-state index in [2.05, 4.69) is 53.9 Å². The number of rotatable bonds is 5. The van der Waals surface area contributed by atoms with E-state index in [9.17, 15) is 5.11 Å². The molecule has 1 rings (SSSR count). The highest BCUT2D eigenvalue weighted by molar-refractivity contribution is 14.1. The fraction of sp³-hybridized carbons (Fsp3) is 0.500. The summed E-state index contributed by atoms with van der Waals surface area (Å²) in [5.74, 6) is 0.519. The van der Waals surface area contributed by atoms with Gasteiger partial charge >= 0.3 is 0 Å². The molecule has 4 heteroatoms. The van der Waals surface area contributed by atoms with Gasteiger partial charge < -0.3 is 15.5 Å². The second-order valence-electron chi connectivity index (χ2n) is 4.11. The first-order chi connectivity index (χ1) is 7.54. The van der Waals surface area contributed by atoms with Crippen LogP contribution in [0.2, 0.25) is 0 Å². The van der Waals surface area contributed by atoms with Crippen molar-refractivity contribution in [3.63, 3.8) is 0 Å². The lowest BCUT2D eigenvalue weighted by atomic mass is 10.0. The van der Waals surface area contributed by atoms with Crippen LogP contribution in [-0.4, -0.2) is 29.5 Å². The summed E-state index contributed by atoms with van der Waals surface area (Å²) in [6.07, 6.45) is -0.708. The molecule has 1 unspecified atom stereocenters. The van der Waals surface area contributed by atoms with E-state index in [-0.39, 0.29) is 6.61 Å². The van der Waals surface area contributed by atoms with Crippen molar-refractivity contribution in [2.24, 2.45) is 0 Å². The first kappa shape index (κ1) is 13.7. The molecule has 0 aliphatic heterocycles. The molecule has 0 fully saturated rings. The average molecular weight is 335 g/mol. The summed E-state index contributed by atoms with van der Waals surface area (Å²) in [7, 11) is 0. The van der Waals surface area contributed by atoms with Gasteiger partial charge in [0.25, 0.3) is 0 Å². The van der Waals surface area contributed by atoms with Gasteiger partial charge in [0.2, 0.25) is 0 Å². The summed E-state index contributed by atoms with van der Waals surface area (Å²) < 4.78 is 1.13. The summed E-state index contributed by atoms with van der Waals surface area (Å²) in [6.45, 7) is 4.48. The van der Waals surface area contributed by atoms with Crippen molar-refractivity contribution in [3.8, 4) is 0 Å². The Balaban J connectivity index is 2.68. The Morgan fingerprint density at radius 1 is 1.38 bits per heavy atom. The molecule has 0 aromatic heterocycles. The number of hydrogen-bond acceptors (Lipinski definition) is 3. The fourth-order valence-corrected chi connectivity index (χ4v) is 2.06. The lowest BCUT2D eigenvalue weighted by molar-refractivity contribution is 0.105. The average Bonchev–Trinajstić information content (AvgIpc) is 2.26. The monoisotopic (exact) mass is 335 g/mol. The molecule has 1 atom stereocenters. The second-order valence-corrected chi connectivity index (χ2v) is 5.27. The molecule has 0 saturated heterocycles. The molecule has 16 heavy (non-hydrogen) atoms. The van der Waals surface area contributed by atoms with Crippen LogP contribution in [0, 0.1) is 3.57 Å². The first-order valence-corrected chi connectivity index (χ1v) is 6.44. The third kappa shape index (κ3) is 3.92. The number of anilines is 1. The minimum atomic E-state index is -0.708. The van der Waals surface area contributed by atoms with Gasteiger partial charge in [0.05, 0.1) is 12.7 Å². The van der Waals surface area contributed by atoms with Gasteiger partial charge in [-0.25, -0.2) is 0 Å². The van der Waals surface area contributed by atoms with Gasteiger partial charge in [-0.1, -0.05) is 19.9 Å². The highest BCUT2D eigenvalue weighted by Gasteiger charge is 2.06. The second kappa shape index (κ2) is 6.42. The quantitative estimate of drug-likeness (QED) is 0.723. The molecule has 3 N–H and O–H groups in total. The van der Waals surface area contributed by atoms with Gasteiger partial charge in [-0.3, -0.25) is 0 Å². The Morgan fingerprint density at radius 2 is 2.06 bits per heavy atom. The maximum Gasteiger partial charge on any atom is 0.0942 e. The summed E-state index contributed by atoms with van der Waals surface area (Å²) >= 11 is 2.27. The Kier molecular flexibility index (Phi) is 5.51. The molecule has 1 aromatic rings. The van der Waals surface area contributed by atoms with Gasteiger partial charge in [0.1, 0.15) is 0 Å². The van der Waals surface area contributed by atoms with Gasteiger partial charge in [0.15, 0.2) is 0 Å². The van der Waals surface area contributed by atoms with Gasteiger partial charge in [-0.2, -0.15) is 0 Å². The largest absolute Gasteiger partial charge is 0.394 e. The van der Waals surface area contributed by atoms with Crippen LogP contribution in [0.3, 0.4) is 0 Å². The van der Waals surface area contributed by atoms with Crippen molar-refractivity contribution in [1.29, 1.82) is 0 Å². The minimum absolute atomic E-state index is 0.215. The van der Waals surface area contributed by atoms with E-state index in [0.717, 1.165) is 9.26 Å². The molecule has 0 aliphatic carbocycles. The standard InChI is InChI=1S/C12H18INO2/c1-8(2)9-3-4-12(11(13)5-9)14-6-10(16)7-15/h3-5,8,10,14-16H,6-7H2,1-2H3. The molecule has 0 aliphatic rings. The molecule has 90 valence electrons. The van der Waals surface area contributed by atoms with Gasteiger partial charge in [-0.15, -0.1) is 0 Å². The normalized spacial score (nSPS) is 12.9. The molecule has 0 spiro atoms. The van der Waals surface area contributed by atoms with Gasteiger partial charge in [0, 0.05) is 15.8 Å². The van der Waals surface area contributed by atoms with E-state index < -0.39 is 6.10 Å². The third-order valence-electron chi connectivity index (χ3n) is 2.40. The highest BCUT2D eigenvalue weighted by Crippen LogP contribution is 2.23. The first-order valence-electron chi connectivity index (χ1n) is 5.36. The van der Waals surface area contributed by atoms with Crippen LogP contribution in [0.1, 0.15) is 25.3 Å². The van der Waals surface area contributed by atoms with Crippen LogP contribution >= 0.6 is 22.6 Å². The third-order valence-corrected chi connectivity index (χ3v) is 3.29. The van der Waals surface area contributed by atoms with Crippen LogP contribution in [0.25, 0.3) is 0 Å². The predicted octanol–water partition coefficient (Wildman–Crippen LogP) is 2.18. The molecule has 0 radical (unpaired) electrons. The molecule has 3 nitrogen and oxygen atoms in total. The van der Waals surface area contributed by atoms with Crippen molar-refractivity contribution in [2.75, 3.05) is 18.5 Å². The summed E-state index contributed by atoms with van der Waals surface area (Å²) in [5, 5.41) is 21.1. The van der Waals surface area contributed by atoms with Crippen LogP contribution < -0.4 is 5.32 Å². The Hall–Kier alpha value is -0.330. The number of halogens is 1. The molecule has 0 bridgehead atoms. The van der Waals surface area contributed by atoms with E-state index in [1.165, 1.54) is 5.56 Å². The Labute approximate surface area is 110 Å². The Bertz CT molecular complexity index is 342. The minimum Gasteiger partial charge on any atom is -0.394 e. The van der Waals surface area contributed by atoms with Crippen molar-refractivity contribution < 1.29 is 10.2 Å². The molecule has 1 aromatic carbocycles.